The molecule has 0 radical (unpaired) electrons. The van der Waals surface area contributed by atoms with Gasteiger partial charge in [-0.05, 0) is 44.2 Å². The summed E-state index contributed by atoms with van der Waals surface area (Å²) in [6.45, 7) is 4.61. The first-order valence-corrected chi connectivity index (χ1v) is 10.2. The van der Waals surface area contributed by atoms with Gasteiger partial charge in [0.2, 0.25) is 0 Å². The highest BCUT2D eigenvalue weighted by atomic mass is 16.5. The predicted octanol–water partition coefficient (Wildman–Crippen LogP) is 6.06. The van der Waals surface area contributed by atoms with Gasteiger partial charge < -0.3 is 18.6 Å². The lowest BCUT2D eigenvalue weighted by molar-refractivity contribution is 0.340. The molecule has 0 bridgehead atoms. The fourth-order valence-electron chi connectivity index (χ4n) is 3.37. The average molecular weight is 415 g/mol. The maximum absolute atomic E-state index is 6.23. The number of nitrogens with zero attached hydrogens (tertiary/aromatic N) is 1. The molecule has 158 valence electrons. The third-order valence-corrected chi connectivity index (χ3v) is 4.99. The smallest absolute Gasteiger partial charge is 0.144 e. The number of hydrogen-bond donors (Lipinski definition) is 0. The van der Waals surface area contributed by atoms with Gasteiger partial charge in [-0.25, -0.2) is 4.99 Å². The molecule has 0 aliphatic rings. The molecule has 3 aromatic carbocycles. The monoisotopic (exact) mass is 415 g/mol. The van der Waals surface area contributed by atoms with Crippen LogP contribution in [0.15, 0.2) is 76.1 Å². The zero-order valence-electron chi connectivity index (χ0n) is 18.1. The van der Waals surface area contributed by atoms with Crippen molar-refractivity contribution in [1.29, 1.82) is 0 Å². The van der Waals surface area contributed by atoms with Gasteiger partial charge >= 0.3 is 0 Å². The van der Waals surface area contributed by atoms with E-state index in [0.29, 0.717) is 23.8 Å². The van der Waals surface area contributed by atoms with E-state index in [-0.39, 0.29) is 0 Å². The van der Waals surface area contributed by atoms with Gasteiger partial charge in [0.1, 0.15) is 34.3 Å². The van der Waals surface area contributed by atoms with E-state index in [2.05, 4.69) is 19.1 Å². The largest absolute Gasteiger partial charge is 0.497 e. The van der Waals surface area contributed by atoms with Crippen molar-refractivity contribution in [2.75, 3.05) is 20.8 Å². The molecule has 31 heavy (non-hydrogen) atoms. The highest BCUT2D eigenvalue weighted by Gasteiger charge is 2.10. The van der Waals surface area contributed by atoms with E-state index in [1.54, 1.807) is 14.2 Å². The van der Waals surface area contributed by atoms with Gasteiger partial charge in [0.25, 0.3) is 0 Å². The highest BCUT2D eigenvalue weighted by Crippen LogP contribution is 2.32. The second-order valence-corrected chi connectivity index (χ2v) is 7.10. The number of rotatable bonds is 6. The molecule has 0 aliphatic heterocycles. The van der Waals surface area contributed by atoms with Crippen LogP contribution < -0.4 is 19.6 Å². The Morgan fingerprint density at radius 3 is 2.32 bits per heavy atom. The molecule has 1 heterocycles. The van der Waals surface area contributed by atoms with Crippen molar-refractivity contribution in [3.8, 4) is 28.6 Å². The third-order valence-electron chi connectivity index (χ3n) is 4.99. The molecule has 0 fully saturated rings. The molecule has 0 spiro atoms. The highest BCUT2D eigenvalue weighted by molar-refractivity contribution is 5.80. The molecule has 0 saturated carbocycles. The summed E-state index contributed by atoms with van der Waals surface area (Å²) >= 11 is 0. The number of fused-ring (bicyclic) bond motifs is 1. The fourth-order valence-corrected chi connectivity index (χ4v) is 3.37. The predicted molar refractivity (Wildman–Crippen MR) is 122 cm³/mol. The summed E-state index contributed by atoms with van der Waals surface area (Å²) in [5, 5.41) is 1.61. The SMILES string of the molecule is CCOc1ccc2oc(-c3ccc(C)cc3)cc(=Nc3cc(OC)ccc3OC)c2c1. The van der Waals surface area contributed by atoms with Crippen LogP contribution >= 0.6 is 0 Å². The zero-order chi connectivity index (χ0) is 21.8. The van der Waals surface area contributed by atoms with Crippen molar-refractivity contribution in [3.63, 3.8) is 0 Å². The van der Waals surface area contributed by atoms with E-state index < -0.39 is 0 Å². The van der Waals surface area contributed by atoms with Crippen LogP contribution in [0.3, 0.4) is 0 Å². The Morgan fingerprint density at radius 1 is 0.839 bits per heavy atom. The lowest BCUT2D eigenvalue weighted by Crippen LogP contribution is -2.04. The van der Waals surface area contributed by atoms with Crippen molar-refractivity contribution >= 4 is 16.7 Å². The molecule has 0 aliphatic carbocycles. The zero-order valence-corrected chi connectivity index (χ0v) is 18.1. The van der Waals surface area contributed by atoms with Crippen molar-refractivity contribution in [2.24, 2.45) is 4.99 Å². The number of benzene rings is 3. The van der Waals surface area contributed by atoms with Gasteiger partial charge in [-0.3, -0.25) is 0 Å². The van der Waals surface area contributed by atoms with Crippen LogP contribution in [-0.2, 0) is 0 Å². The molecule has 5 heteroatoms. The summed E-state index contributed by atoms with van der Waals surface area (Å²) in [5.41, 5.74) is 3.57. The summed E-state index contributed by atoms with van der Waals surface area (Å²) in [5.74, 6) is 2.87. The molecule has 4 rings (SSSR count). The van der Waals surface area contributed by atoms with E-state index >= 15 is 0 Å². The standard InChI is InChI=1S/C26H25NO4/c1-5-30-20-11-12-24-21(14-20)22(16-26(31-24)18-8-6-17(2)7-9-18)27-23-15-19(28-3)10-13-25(23)29-4/h6-16H,5H2,1-4H3. The van der Waals surface area contributed by atoms with Gasteiger partial charge in [-0.2, -0.15) is 0 Å². The lowest BCUT2D eigenvalue weighted by Gasteiger charge is -2.09. The molecule has 4 aromatic rings. The summed E-state index contributed by atoms with van der Waals surface area (Å²) in [6.07, 6.45) is 0. The van der Waals surface area contributed by atoms with Crippen LogP contribution in [-0.4, -0.2) is 20.8 Å². The molecular formula is C26H25NO4. The van der Waals surface area contributed by atoms with Crippen LogP contribution in [0.2, 0.25) is 0 Å². The van der Waals surface area contributed by atoms with Gasteiger partial charge in [0, 0.05) is 23.1 Å². The molecule has 0 unspecified atom stereocenters. The Bertz CT molecular complexity index is 1270. The molecule has 0 saturated heterocycles. The van der Waals surface area contributed by atoms with Gasteiger partial charge in [-0.15, -0.1) is 0 Å². The van der Waals surface area contributed by atoms with E-state index in [1.807, 2.05) is 61.5 Å². The first-order chi connectivity index (χ1) is 15.1. The Hall–Kier alpha value is -3.73. The number of hydrogen-bond acceptors (Lipinski definition) is 5. The minimum Gasteiger partial charge on any atom is -0.497 e. The number of aryl methyl sites for hydroxylation is 1. The Labute approximate surface area is 181 Å². The van der Waals surface area contributed by atoms with Crippen LogP contribution in [0.4, 0.5) is 5.69 Å². The quantitative estimate of drug-likeness (QED) is 0.384. The summed E-state index contributed by atoms with van der Waals surface area (Å²) in [4.78, 5) is 4.93. The van der Waals surface area contributed by atoms with Crippen LogP contribution in [0.5, 0.6) is 17.2 Å². The van der Waals surface area contributed by atoms with Crippen molar-refractivity contribution < 1.29 is 18.6 Å². The maximum Gasteiger partial charge on any atom is 0.144 e. The summed E-state index contributed by atoms with van der Waals surface area (Å²) in [6, 6.07) is 21.5. The lowest BCUT2D eigenvalue weighted by atomic mass is 10.1. The maximum atomic E-state index is 6.23. The first-order valence-electron chi connectivity index (χ1n) is 10.2. The van der Waals surface area contributed by atoms with E-state index in [4.69, 9.17) is 23.6 Å². The molecule has 0 atom stereocenters. The molecule has 5 nitrogen and oxygen atoms in total. The summed E-state index contributed by atoms with van der Waals surface area (Å²) in [7, 11) is 3.26. The normalized spacial score (nSPS) is 11.5. The molecule has 0 N–H and O–H groups in total. The number of ether oxygens (including phenoxy) is 3. The van der Waals surface area contributed by atoms with Crippen LogP contribution in [0, 0.1) is 6.92 Å². The van der Waals surface area contributed by atoms with Gasteiger partial charge in [0.05, 0.1) is 26.2 Å². The van der Waals surface area contributed by atoms with E-state index in [0.717, 1.165) is 33.4 Å². The van der Waals surface area contributed by atoms with Gasteiger partial charge in [0.15, 0.2) is 0 Å². The first kappa shape index (κ1) is 20.5. The topological polar surface area (TPSA) is 53.2 Å². The van der Waals surface area contributed by atoms with Crippen molar-refractivity contribution in [3.05, 3.63) is 77.7 Å². The Balaban J connectivity index is 1.99. The number of methoxy groups -OCH3 is 2. The third kappa shape index (κ3) is 4.40. The summed E-state index contributed by atoms with van der Waals surface area (Å²) < 4.78 is 22.8. The fraction of sp³-hybridized carbons (Fsp3) is 0.192. The van der Waals surface area contributed by atoms with Crippen LogP contribution in [0.1, 0.15) is 12.5 Å². The van der Waals surface area contributed by atoms with E-state index in [9.17, 15) is 0 Å². The second-order valence-electron chi connectivity index (χ2n) is 7.10. The molecular weight excluding hydrogens is 390 g/mol. The minimum absolute atomic E-state index is 0.584. The van der Waals surface area contributed by atoms with Crippen molar-refractivity contribution in [2.45, 2.75) is 13.8 Å². The van der Waals surface area contributed by atoms with E-state index in [1.165, 1.54) is 5.56 Å². The van der Waals surface area contributed by atoms with Crippen LogP contribution in [0.25, 0.3) is 22.3 Å². The molecule has 1 aromatic heterocycles. The Kier molecular flexibility index (Phi) is 5.94. The van der Waals surface area contributed by atoms with Gasteiger partial charge in [-0.1, -0.05) is 29.8 Å². The van der Waals surface area contributed by atoms with Crippen molar-refractivity contribution in [1.82, 2.24) is 0 Å². The Morgan fingerprint density at radius 2 is 1.61 bits per heavy atom. The average Bonchev–Trinajstić information content (AvgIpc) is 2.80. The minimum atomic E-state index is 0.584. The molecule has 0 amide bonds. The second kappa shape index (κ2) is 8.96.